The summed E-state index contributed by atoms with van der Waals surface area (Å²) in [5.41, 5.74) is 10.5. The number of primary amides is 1. The minimum Gasteiger partial charge on any atom is -0.481 e. The largest absolute Gasteiger partial charge is 0.481 e. The van der Waals surface area contributed by atoms with Crippen LogP contribution < -0.4 is 16.8 Å². The van der Waals surface area contributed by atoms with Gasteiger partial charge in [-0.3, -0.25) is 19.7 Å². The SMILES string of the molecule is NC(=O)CCC(=O)O.Nc1nc(Nc2ccc(Cl)cc2)ncc1[N+](=O)[O-]. The number of carboxylic acids is 1. The van der Waals surface area contributed by atoms with Gasteiger partial charge < -0.3 is 21.9 Å². The second kappa shape index (κ2) is 9.74. The van der Waals surface area contributed by atoms with Crippen molar-refractivity contribution in [2.45, 2.75) is 12.8 Å². The van der Waals surface area contributed by atoms with E-state index in [9.17, 15) is 19.7 Å². The number of nitrogen functional groups attached to an aromatic ring is 1. The van der Waals surface area contributed by atoms with Gasteiger partial charge in [0.15, 0.2) is 0 Å². The molecule has 12 heteroatoms. The number of nitrogens with zero attached hydrogens (tertiary/aromatic N) is 3. The second-order valence-electron chi connectivity index (χ2n) is 4.71. The van der Waals surface area contributed by atoms with Crippen molar-refractivity contribution in [1.82, 2.24) is 9.97 Å². The molecule has 1 aromatic carbocycles. The first-order valence-corrected chi connectivity index (χ1v) is 7.36. The summed E-state index contributed by atoms with van der Waals surface area (Å²) in [5, 5.41) is 22.0. The molecule has 0 spiro atoms. The molecule has 0 radical (unpaired) electrons. The molecule has 0 aliphatic heterocycles. The first kappa shape index (κ1) is 20.6. The Morgan fingerprint density at radius 2 is 1.88 bits per heavy atom. The lowest BCUT2D eigenvalue weighted by atomic mass is 10.3. The van der Waals surface area contributed by atoms with Gasteiger partial charge in [-0.25, -0.2) is 4.98 Å². The zero-order valence-electron chi connectivity index (χ0n) is 13.3. The van der Waals surface area contributed by atoms with Gasteiger partial charge in [0.25, 0.3) is 0 Å². The first-order valence-electron chi connectivity index (χ1n) is 6.98. The van der Waals surface area contributed by atoms with Crippen LogP contribution in [0.1, 0.15) is 12.8 Å². The van der Waals surface area contributed by atoms with Gasteiger partial charge in [0.05, 0.1) is 11.3 Å². The lowest BCUT2D eigenvalue weighted by molar-refractivity contribution is -0.384. The van der Waals surface area contributed by atoms with Crippen LogP contribution in [0.25, 0.3) is 0 Å². The van der Waals surface area contributed by atoms with Gasteiger partial charge in [0, 0.05) is 17.1 Å². The highest BCUT2D eigenvalue weighted by molar-refractivity contribution is 6.30. The van der Waals surface area contributed by atoms with Crippen molar-refractivity contribution in [1.29, 1.82) is 0 Å². The van der Waals surface area contributed by atoms with Crippen LogP contribution in [0.5, 0.6) is 0 Å². The number of aromatic nitrogens is 2. The van der Waals surface area contributed by atoms with Crippen molar-refractivity contribution < 1.29 is 19.6 Å². The Bertz CT molecular complexity index is 785. The van der Waals surface area contributed by atoms with E-state index in [0.29, 0.717) is 10.7 Å². The highest BCUT2D eigenvalue weighted by atomic mass is 35.5. The molecule has 11 nitrogen and oxygen atoms in total. The van der Waals surface area contributed by atoms with Gasteiger partial charge in [0.1, 0.15) is 6.20 Å². The van der Waals surface area contributed by atoms with E-state index < -0.39 is 16.8 Å². The zero-order valence-corrected chi connectivity index (χ0v) is 14.0. The molecule has 0 atom stereocenters. The lowest BCUT2D eigenvalue weighted by Gasteiger charge is -2.05. The third kappa shape index (κ3) is 7.40. The predicted molar refractivity (Wildman–Crippen MR) is 93.9 cm³/mol. The summed E-state index contributed by atoms with van der Waals surface area (Å²) in [4.78, 5) is 37.1. The summed E-state index contributed by atoms with van der Waals surface area (Å²) in [6.45, 7) is 0. The molecular weight excluding hydrogens is 368 g/mol. The number of rotatable bonds is 6. The topological polar surface area (TPSA) is 187 Å². The molecule has 2 rings (SSSR count). The fourth-order valence-corrected chi connectivity index (χ4v) is 1.61. The maximum Gasteiger partial charge on any atom is 0.329 e. The van der Waals surface area contributed by atoms with Crippen molar-refractivity contribution in [3.8, 4) is 0 Å². The van der Waals surface area contributed by atoms with E-state index in [1.54, 1.807) is 24.3 Å². The number of aliphatic carboxylic acids is 1. The summed E-state index contributed by atoms with van der Waals surface area (Å²) >= 11 is 5.74. The number of nitrogens with two attached hydrogens (primary N) is 2. The molecule has 0 bridgehead atoms. The Kier molecular flexibility index (Phi) is 7.70. The van der Waals surface area contributed by atoms with E-state index in [0.717, 1.165) is 6.20 Å². The minimum absolute atomic E-state index is 0.0741. The van der Waals surface area contributed by atoms with E-state index >= 15 is 0 Å². The molecule has 0 unspecified atom stereocenters. The third-order valence-electron chi connectivity index (χ3n) is 2.68. The number of carboxylic acid groups (broad SMARTS) is 1. The number of hydrogen-bond acceptors (Lipinski definition) is 8. The Balaban J connectivity index is 0.000000359. The smallest absolute Gasteiger partial charge is 0.329 e. The summed E-state index contributed by atoms with van der Waals surface area (Å²) in [6.07, 6.45) is 0.811. The van der Waals surface area contributed by atoms with Crippen LogP contribution in [0.15, 0.2) is 30.5 Å². The summed E-state index contributed by atoms with van der Waals surface area (Å²) in [7, 11) is 0. The van der Waals surface area contributed by atoms with E-state index in [4.69, 9.17) is 22.4 Å². The number of carbonyl (C=O) groups excluding carboxylic acids is 1. The van der Waals surface area contributed by atoms with Gasteiger partial charge in [-0.15, -0.1) is 0 Å². The molecule has 0 saturated carbocycles. The number of carbonyl (C=O) groups is 2. The first-order chi connectivity index (χ1) is 12.2. The van der Waals surface area contributed by atoms with Crippen LogP contribution in [0, 0.1) is 10.1 Å². The molecule has 0 saturated heterocycles. The van der Waals surface area contributed by atoms with Crippen LogP contribution >= 0.6 is 11.6 Å². The maximum atomic E-state index is 10.5. The van der Waals surface area contributed by atoms with Gasteiger partial charge >= 0.3 is 11.7 Å². The number of amides is 1. The zero-order chi connectivity index (χ0) is 19.7. The molecule has 2 aromatic rings. The van der Waals surface area contributed by atoms with Crippen molar-refractivity contribution in [3.05, 3.63) is 45.6 Å². The number of anilines is 3. The number of halogens is 1. The highest BCUT2D eigenvalue weighted by Crippen LogP contribution is 2.21. The average Bonchev–Trinajstić information content (AvgIpc) is 2.55. The summed E-state index contributed by atoms with van der Waals surface area (Å²) in [6, 6.07) is 6.84. The number of nitrogens with one attached hydrogen (secondary N) is 1. The van der Waals surface area contributed by atoms with Crippen molar-refractivity contribution in [2.75, 3.05) is 11.1 Å². The summed E-state index contributed by atoms with van der Waals surface area (Å²) < 4.78 is 0. The maximum absolute atomic E-state index is 10.5. The van der Waals surface area contributed by atoms with Gasteiger partial charge in [-0.1, -0.05) is 11.6 Å². The fraction of sp³-hybridized carbons (Fsp3) is 0.143. The van der Waals surface area contributed by atoms with E-state index in [1.807, 2.05) is 0 Å². The Hall–Kier alpha value is -3.47. The van der Waals surface area contributed by atoms with Crippen LogP contribution in [0.4, 0.5) is 23.1 Å². The lowest BCUT2D eigenvalue weighted by Crippen LogP contribution is -2.12. The molecule has 1 amide bonds. The quantitative estimate of drug-likeness (QED) is 0.425. The van der Waals surface area contributed by atoms with Gasteiger partial charge in [-0.05, 0) is 24.3 Å². The third-order valence-corrected chi connectivity index (χ3v) is 2.93. The van der Waals surface area contributed by atoms with E-state index in [2.05, 4.69) is 21.0 Å². The van der Waals surface area contributed by atoms with Crippen LogP contribution in [-0.4, -0.2) is 31.9 Å². The molecule has 0 fully saturated rings. The molecule has 1 heterocycles. The van der Waals surface area contributed by atoms with Crippen LogP contribution in [-0.2, 0) is 9.59 Å². The standard InChI is InChI=1S/C10H8ClN5O2.C4H7NO3/c11-6-1-3-7(4-2-6)14-10-13-5-8(16(17)18)9(12)15-10;5-3(6)1-2-4(7)8/h1-5H,(H3,12,13,14,15);1-2H2,(H2,5,6)(H,7,8). The molecule has 0 aliphatic rings. The summed E-state index contributed by atoms with van der Waals surface area (Å²) in [5.74, 6) is -1.58. The Labute approximate surface area is 152 Å². The number of hydrogen-bond donors (Lipinski definition) is 4. The molecule has 6 N–H and O–H groups in total. The fourth-order valence-electron chi connectivity index (χ4n) is 1.48. The molecule has 138 valence electrons. The Morgan fingerprint density at radius 3 is 2.31 bits per heavy atom. The minimum atomic E-state index is -0.996. The van der Waals surface area contributed by atoms with Gasteiger partial charge in [-0.2, -0.15) is 4.98 Å². The van der Waals surface area contributed by atoms with Crippen LogP contribution in [0.3, 0.4) is 0 Å². The van der Waals surface area contributed by atoms with Crippen molar-refractivity contribution in [3.63, 3.8) is 0 Å². The monoisotopic (exact) mass is 382 g/mol. The second-order valence-corrected chi connectivity index (χ2v) is 5.15. The van der Waals surface area contributed by atoms with Crippen LogP contribution in [0.2, 0.25) is 5.02 Å². The number of benzene rings is 1. The average molecular weight is 383 g/mol. The van der Waals surface area contributed by atoms with Gasteiger partial charge in [0.2, 0.25) is 17.7 Å². The molecule has 1 aromatic heterocycles. The molecular formula is C14H15ClN6O5. The predicted octanol–water partition coefficient (Wildman–Crippen LogP) is 1.70. The number of nitro groups is 1. The van der Waals surface area contributed by atoms with E-state index in [-0.39, 0.29) is 30.3 Å². The highest BCUT2D eigenvalue weighted by Gasteiger charge is 2.14. The van der Waals surface area contributed by atoms with Crippen molar-refractivity contribution in [2.24, 2.45) is 5.73 Å². The molecule has 26 heavy (non-hydrogen) atoms. The van der Waals surface area contributed by atoms with E-state index in [1.165, 1.54) is 0 Å². The van der Waals surface area contributed by atoms with Crippen molar-refractivity contribution >= 4 is 46.6 Å². The molecule has 0 aliphatic carbocycles. The Morgan fingerprint density at radius 1 is 1.27 bits per heavy atom. The normalized spacial score (nSPS) is 9.58.